The Morgan fingerprint density at radius 1 is 1.05 bits per heavy atom. The van der Waals surface area contributed by atoms with Crippen LogP contribution in [0.2, 0.25) is 0 Å². The number of anilines is 1. The summed E-state index contributed by atoms with van der Waals surface area (Å²) in [5, 5.41) is 0. The van der Waals surface area contributed by atoms with Crippen molar-refractivity contribution in [3.05, 3.63) is 53.6 Å². The summed E-state index contributed by atoms with van der Waals surface area (Å²) in [7, 11) is 0. The van der Waals surface area contributed by atoms with Gasteiger partial charge in [-0.25, -0.2) is 0 Å². The van der Waals surface area contributed by atoms with Gasteiger partial charge in [-0.2, -0.15) is 0 Å². The molecule has 100 valence electrons. The van der Waals surface area contributed by atoms with E-state index in [1.54, 1.807) is 0 Å². The lowest BCUT2D eigenvalue weighted by molar-refractivity contribution is 0.344. The minimum Gasteiger partial charge on any atom is -0.493 e. The number of thioether (sulfide) groups is 1. The summed E-state index contributed by atoms with van der Waals surface area (Å²) >= 11 is 1.83. The molecule has 0 atom stereocenters. The number of nitrogens with two attached hydrogens (primary N) is 1. The van der Waals surface area contributed by atoms with Crippen LogP contribution < -0.4 is 10.5 Å². The van der Waals surface area contributed by atoms with Crippen LogP contribution in [0.1, 0.15) is 11.1 Å². The molecular weight excluding hydrogens is 254 g/mol. The van der Waals surface area contributed by atoms with Crippen LogP contribution in [-0.4, -0.2) is 12.4 Å². The summed E-state index contributed by atoms with van der Waals surface area (Å²) in [6, 6.07) is 14.0. The van der Waals surface area contributed by atoms with E-state index in [0.29, 0.717) is 6.61 Å². The van der Waals surface area contributed by atoms with Crippen molar-refractivity contribution in [2.75, 3.05) is 18.1 Å². The van der Waals surface area contributed by atoms with Crippen LogP contribution in [0, 0.1) is 13.8 Å². The molecule has 0 saturated heterocycles. The zero-order chi connectivity index (χ0) is 13.7. The number of ether oxygens (including phenoxy) is 1. The number of benzene rings is 2. The first-order valence-electron chi connectivity index (χ1n) is 6.33. The third kappa shape index (κ3) is 4.21. The summed E-state index contributed by atoms with van der Waals surface area (Å²) in [4.78, 5) is 1.33. The van der Waals surface area contributed by atoms with Crippen LogP contribution in [0.4, 0.5) is 5.69 Å². The van der Waals surface area contributed by atoms with Gasteiger partial charge in [0.2, 0.25) is 0 Å². The molecule has 19 heavy (non-hydrogen) atoms. The van der Waals surface area contributed by atoms with Gasteiger partial charge in [0.1, 0.15) is 5.75 Å². The zero-order valence-electron chi connectivity index (χ0n) is 11.3. The van der Waals surface area contributed by atoms with Crippen LogP contribution in [0.5, 0.6) is 5.75 Å². The Hall–Kier alpha value is -1.61. The van der Waals surface area contributed by atoms with Gasteiger partial charge >= 0.3 is 0 Å². The van der Waals surface area contributed by atoms with Crippen molar-refractivity contribution in [2.24, 2.45) is 0 Å². The van der Waals surface area contributed by atoms with Crippen LogP contribution in [0.25, 0.3) is 0 Å². The first kappa shape index (κ1) is 13.8. The molecule has 0 fully saturated rings. The van der Waals surface area contributed by atoms with Crippen molar-refractivity contribution in [1.29, 1.82) is 0 Å². The fourth-order valence-electron chi connectivity index (χ4n) is 1.84. The maximum absolute atomic E-state index is 5.67. The first-order chi connectivity index (χ1) is 9.15. The fraction of sp³-hybridized carbons (Fsp3) is 0.250. The van der Waals surface area contributed by atoms with Gasteiger partial charge in [-0.3, -0.25) is 0 Å². The van der Waals surface area contributed by atoms with E-state index in [0.717, 1.165) is 17.2 Å². The maximum atomic E-state index is 5.67. The zero-order valence-corrected chi connectivity index (χ0v) is 12.2. The molecular formula is C16H19NOS. The molecule has 0 radical (unpaired) electrons. The molecule has 0 aliphatic heterocycles. The van der Waals surface area contributed by atoms with Gasteiger partial charge in [0.05, 0.1) is 6.61 Å². The lowest BCUT2D eigenvalue weighted by Gasteiger charge is -2.08. The smallest absolute Gasteiger partial charge is 0.119 e. The topological polar surface area (TPSA) is 35.2 Å². The van der Waals surface area contributed by atoms with Crippen molar-refractivity contribution in [1.82, 2.24) is 0 Å². The lowest BCUT2D eigenvalue weighted by atomic mass is 10.2. The number of aryl methyl sites for hydroxylation is 2. The highest BCUT2D eigenvalue weighted by atomic mass is 32.2. The normalized spacial score (nSPS) is 10.4. The molecule has 0 saturated carbocycles. The molecule has 2 aromatic carbocycles. The summed E-state index contributed by atoms with van der Waals surface area (Å²) in [5.41, 5.74) is 9.02. The number of hydrogen-bond donors (Lipinski definition) is 1. The van der Waals surface area contributed by atoms with Crippen molar-refractivity contribution in [3.63, 3.8) is 0 Å². The Balaban J connectivity index is 1.79. The van der Waals surface area contributed by atoms with Gasteiger partial charge in [0.25, 0.3) is 0 Å². The Bertz CT molecular complexity index is 537. The molecule has 2 rings (SSSR count). The predicted molar refractivity (Wildman–Crippen MR) is 83.0 cm³/mol. The highest BCUT2D eigenvalue weighted by Crippen LogP contribution is 2.23. The molecule has 3 heteroatoms. The van der Waals surface area contributed by atoms with Crippen molar-refractivity contribution in [3.8, 4) is 5.75 Å². The van der Waals surface area contributed by atoms with Gasteiger partial charge in [0.15, 0.2) is 0 Å². The Morgan fingerprint density at radius 2 is 1.79 bits per heavy atom. The van der Waals surface area contributed by atoms with Crippen LogP contribution >= 0.6 is 11.8 Å². The Labute approximate surface area is 119 Å². The molecule has 0 bridgehead atoms. The maximum Gasteiger partial charge on any atom is 0.119 e. The van der Waals surface area contributed by atoms with Crippen LogP contribution in [0.3, 0.4) is 0 Å². The van der Waals surface area contributed by atoms with E-state index in [9.17, 15) is 0 Å². The van der Waals surface area contributed by atoms with E-state index < -0.39 is 0 Å². The van der Waals surface area contributed by atoms with Crippen LogP contribution in [0.15, 0.2) is 47.4 Å². The van der Waals surface area contributed by atoms with E-state index in [1.807, 2.05) is 36.0 Å². The monoisotopic (exact) mass is 273 g/mol. The fourth-order valence-corrected chi connectivity index (χ4v) is 2.67. The van der Waals surface area contributed by atoms with Crippen molar-refractivity contribution >= 4 is 17.4 Å². The van der Waals surface area contributed by atoms with Crippen LogP contribution in [-0.2, 0) is 0 Å². The third-order valence-electron chi connectivity index (χ3n) is 2.82. The van der Waals surface area contributed by atoms with E-state index >= 15 is 0 Å². The summed E-state index contributed by atoms with van der Waals surface area (Å²) in [5.74, 6) is 1.81. The molecule has 0 unspecified atom stereocenters. The second-order valence-electron chi connectivity index (χ2n) is 4.53. The van der Waals surface area contributed by atoms with Gasteiger partial charge in [-0.05, 0) is 49.7 Å². The highest BCUT2D eigenvalue weighted by Gasteiger charge is 2.00. The molecule has 2 nitrogen and oxygen atoms in total. The second kappa shape index (κ2) is 6.53. The summed E-state index contributed by atoms with van der Waals surface area (Å²) in [6.07, 6.45) is 0. The molecule has 0 amide bonds. The minimum atomic E-state index is 0.696. The number of rotatable bonds is 5. The molecule has 0 aliphatic carbocycles. The van der Waals surface area contributed by atoms with Crippen molar-refractivity contribution < 1.29 is 4.74 Å². The standard InChI is InChI=1S/C16H19NOS/c1-12-3-8-16(13(2)11-12)19-10-9-18-15-6-4-14(17)5-7-15/h3-8,11H,9-10,17H2,1-2H3. The summed E-state index contributed by atoms with van der Waals surface area (Å²) < 4.78 is 5.67. The van der Waals surface area contributed by atoms with E-state index in [4.69, 9.17) is 10.5 Å². The predicted octanol–water partition coefficient (Wildman–Crippen LogP) is 4.06. The Morgan fingerprint density at radius 3 is 2.47 bits per heavy atom. The van der Waals surface area contributed by atoms with Gasteiger partial charge in [0, 0.05) is 16.3 Å². The van der Waals surface area contributed by atoms with Gasteiger partial charge in [-0.1, -0.05) is 17.7 Å². The molecule has 0 aromatic heterocycles. The molecule has 2 aromatic rings. The minimum absolute atomic E-state index is 0.696. The number of nitrogen functional groups attached to an aromatic ring is 1. The second-order valence-corrected chi connectivity index (χ2v) is 5.67. The van der Waals surface area contributed by atoms with E-state index in [2.05, 4.69) is 32.0 Å². The molecule has 0 aliphatic rings. The average Bonchev–Trinajstić information content (AvgIpc) is 2.39. The highest BCUT2D eigenvalue weighted by molar-refractivity contribution is 7.99. The largest absolute Gasteiger partial charge is 0.493 e. The van der Waals surface area contributed by atoms with E-state index in [1.165, 1.54) is 16.0 Å². The average molecular weight is 273 g/mol. The summed E-state index contributed by atoms with van der Waals surface area (Å²) in [6.45, 7) is 4.96. The SMILES string of the molecule is Cc1ccc(SCCOc2ccc(N)cc2)c(C)c1. The molecule has 2 N–H and O–H groups in total. The van der Waals surface area contributed by atoms with Crippen molar-refractivity contribution in [2.45, 2.75) is 18.7 Å². The third-order valence-corrected chi connectivity index (χ3v) is 3.96. The molecule has 0 spiro atoms. The van der Waals surface area contributed by atoms with Gasteiger partial charge < -0.3 is 10.5 Å². The van der Waals surface area contributed by atoms with E-state index in [-0.39, 0.29) is 0 Å². The Kier molecular flexibility index (Phi) is 4.74. The first-order valence-corrected chi connectivity index (χ1v) is 7.32. The molecule has 0 heterocycles. The quantitative estimate of drug-likeness (QED) is 0.507. The lowest BCUT2D eigenvalue weighted by Crippen LogP contribution is -2.00. The van der Waals surface area contributed by atoms with Gasteiger partial charge in [-0.15, -0.1) is 11.8 Å². The number of hydrogen-bond acceptors (Lipinski definition) is 3.